The highest BCUT2D eigenvalue weighted by Crippen LogP contribution is 2.31. The van der Waals surface area contributed by atoms with Gasteiger partial charge in [0.25, 0.3) is 0 Å². The fraction of sp³-hybridized carbons (Fsp3) is 0.150. The summed E-state index contributed by atoms with van der Waals surface area (Å²) in [5, 5.41) is 4.50. The first kappa shape index (κ1) is 19.3. The van der Waals surface area contributed by atoms with Gasteiger partial charge in [0.1, 0.15) is 18.7 Å². The van der Waals surface area contributed by atoms with Crippen LogP contribution < -0.4 is 0 Å². The first-order chi connectivity index (χ1) is 14.0. The molecule has 0 aliphatic carbocycles. The van der Waals surface area contributed by atoms with E-state index in [0.717, 1.165) is 5.69 Å². The highest BCUT2D eigenvalue weighted by molar-refractivity contribution is 7.98. The van der Waals surface area contributed by atoms with Crippen molar-refractivity contribution in [2.24, 2.45) is 0 Å². The van der Waals surface area contributed by atoms with Crippen LogP contribution in [0.1, 0.15) is 5.82 Å². The molecular weight excluding hydrogens is 399 g/mol. The van der Waals surface area contributed by atoms with Crippen LogP contribution in [0.2, 0.25) is 0 Å². The lowest BCUT2D eigenvalue weighted by molar-refractivity contribution is -0.141. The molecule has 0 saturated heterocycles. The Morgan fingerprint density at radius 2 is 1.59 bits per heavy atom. The number of hydrogen-bond acceptors (Lipinski definition) is 4. The molecule has 0 radical (unpaired) electrons. The first-order valence-electron chi connectivity index (χ1n) is 8.76. The van der Waals surface area contributed by atoms with E-state index in [1.807, 2.05) is 36.4 Å². The van der Waals surface area contributed by atoms with Gasteiger partial charge in [-0.3, -0.25) is 0 Å². The molecule has 5 nitrogen and oxygen atoms in total. The second kappa shape index (κ2) is 8.12. The van der Waals surface area contributed by atoms with Gasteiger partial charge in [-0.05, 0) is 17.7 Å². The van der Waals surface area contributed by atoms with Gasteiger partial charge in [0, 0.05) is 0 Å². The smallest absolute Gasteiger partial charge is 0.310 e. The van der Waals surface area contributed by atoms with Crippen LogP contribution >= 0.6 is 11.8 Å². The summed E-state index contributed by atoms with van der Waals surface area (Å²) in [6, 6.07) is 18.4. The Balaban J connectivity index is 1.62. The molecule has 148 valence electrons. The van der Waals surface area contributed by atoms with Crippen LogP contribution in [0, 0.1) is 0 Å². The Morgan fingerprint density at radius 3 is 2.28 bits per heavy atom. The van der Waals surface area contributed by atoms with E-state index in [0.29, 0.717) is 22.8 Å². The van der Waals surface area contributed by atoms with E-state index in [-0.39, 0.29) is 5.16 Å². The van der Waals surface area contributed by atoms with Crippen molar-refractivity contribution in [3.05, 3.63) is 79.0 Å². The Hall–Kier alpha value is -3.07. The van der Waals surface area contributed by atoms with Crippen molar-refractivity contribution in [2.45, 2.75) is 23.6 Å². The van der Waals surface area contributed by atoms with Crippen LogP contribution in [0.25, 0.3) is 16.9 Å². The summed E-state index contributed by atoms with van der Waals surface area (Å²) in [6.45, 7) is -1.11. The zero-order valence-corrected chi connectivity index (χ0v) is 15.9. The van der Waals surface area contributed by atoms with Gasteiger partial charge in [0.15, 0.2) is 5.16 Å². The number of rotatable bonds is 6. The van der Waals surface area contributed by atoms with Gasteiger partial charge in [-0.1, -0.05) is 60.3 Å². The predicted octanol–water partition coefficient (Wildman–Crippen LogP) is 4.99. The molecule has 0 spiro atoms. The van der Waals surface area contributed by atoms with Crippen molar-refractivity contribution in [1.82, 2.24) is 24.3 Å². The molecule has 0 bridgehead atoms. The molecule has 4 aromatic rings. The van der Waals surface area contributed by atoms with Crippen molar-refractivity contribution < 1.29 is 13.2 Å². The molecular formula is C20H16F3N5S. The number of aromatic nitrogens is 5. The average molecular weight is 415 g/mol. The van der Waals surface area contributed by atoms with Gasteiger partial charge < -0.3 is 4.57 Å². The molecule has 0 aliphatic rings. The van der Waals surface area contributed by atoms with Crippen molar-refractivity contribution >= 4 is 11.8 Å². The number of para-hydroxylation sites is 1. The maximum atomic E-state index is 13.2. The number of halogens is 3. The largest absolute Gasteiger partial charge is 0.406 e. The van der Waals surface area contributed by atoms with E-state index in [2.05, 4.69) is 15.1 Å². The summed E-state index contributed by atoms with van der Waals surface area (Å²) < 4.78 is 42.5. The van der Waals surface area contributed by atoms with E-state index in [1.165, 1.54) is 28.9 Å². The molecule has 29 heavy (non-hydrogen) atoms. The standard InChI is InChI=1S/C20H16F3N5S/c21-20(22,23)13-27-17(15-7-3-1-4-8-15)11-24-19(27)29-12-18-25-14-26-28(18)16-9-5-2-6-10-16/h1-11,14H,12-13H2. The predicted molar refractivity (Wildman–Crippen MR) is 105 cm³/mol. The Bertz CT molecular complexity index is 1070. The molecule has 0 saturated carbocycles. The molecule has 0 aliphatic heterocycles. The highest BCUT2D eigenvalue weighted by atomic mass is 32.2. The van der Waals surface area contributed by atoms with E-state index in [1.54, 1.807) is 28.9 Å². The van der Waals surface area contributed by atoms with Gasteiger partial charge in [-0.25, -0.2) is 14.6 Å². The molecule has 2 aromatic carbocycles. The number of thioether (sulfide) groups is 1. The van der Waals surface area contributed by atoms with Crippen LogP contribution in [-0.2, 0) is 12.3 Å². The normalized spacial score (nSPS) is 11.7. The fourth-order valence-electron chi connectivity index (χ4n) is 2.92. The van der Waals surface area contributed by atoms with Crippen LogP contribution in [-0.4, -0.2) is 30.5 Å². The summed E-state index contributed by atoms with van der Waals surface area (Å²) in [7, 11) is 0. The van der Waals surface area contributed by atoms with Crippen LogP contribution in [0.5, 0.6) is 0 Å². The van der Waals surface area contributed by atoms with Crippen LogP contribution in [0.4, 0.5) is 13.2 Å². The topological polar surface area (TPSA) is 48.5 Å². The number of imidazole rings is 1. The lowest BCUT2D eigenvalue weighted by atomic mass is 10.2. The summed E-state index contributed by atoms with van der Waals surface area (Å²) in [5.41, 5.74) is 1.95. The van der Waals surface area contributed by atoms with E-state index in [9.17, 15) is 13.2 Å². The molecule has 0 unspecified atom stereocenters. The summed E-state index contributed by atoms with van der Waals surface area (Å²) in [4.78, 5) is 8.50. The fourth-order valence-corrected chi connectivity index (χ4v) is 3.82. The van der Waals surface area contributed by atoms with Gasteiger partial charge >= 0.3 is 6.18 Å². The third-order valence-corrected chi connectivity index (χ3v) is 5.16. The van der Waals surface area contributed by atoms with Gasteiger partial charge in [-0.15, -0.1) is 0 Å². The Morgan fingerprint density at radius 1 is 0.897 bits per heavy atom. The lowest BCUT2D eigenvalue weighted by Gasteiger charge is -2.14. The number of alkyl halides is 3. The summed E-state index contributed by atoms with van der Waals surface area (Å²) in [5.74, 6) is 0.960. The van der Waals surface area contributed by atoms with Crippen LogP contribution in [0.15, 0.2) is 78.3 Å². The third kappa shape index (κ3) is 4.51. The van der Waals surface area contributed by atoms with E-state index >= 15 is 0 Å². The molecule has 0 N–H and O–H groups in total. The summed E-state index contributed by atoms with van der Waals surface area (Å²) in [6.07, 6.45) is -1.45. The van der Waals surface area contributed by atoms with Crippen molar-refractivity contribution in [1.29, 1.82) is 0 Å². The Labute approximate surface area is 169 Å². The lowest BCUT2D eigenvalue weighted by Crippen LogP contribution is -2.19. The molecule has 2 heterocycles. The van der Waals surface area contributed by atoms with Gasteiger partial charge in [0.05, 0.1) is 23.3 Å². The van der Waals surface area contributed by atoms with Crippen LogP contribution in [0.3, 0.4) is 0 Å². The minimum absolute atomic E-state index is 0.281. The Kier molecular flexibility index (Phi) is 5.39. The minimum atomic E-state index is -4.36. The van der Waals surface area contributed by atoms with Crippen molar-refractivity contribution in [3.8, 4) is 16.9 Å². The molecule has 0 amide bonds. The quantitative estimate of drug-likeness (QED) is 0.417. The van der Waals surface area contributed by atoms with E-state index in [4.69, 9.17) is 0 Å². The zero-order valence-electron chi connectivity index (χ0n) is 15.1. The van der Waals surface area contributed by atoms with Crippen molar-refractivity contribution in [3.63, 3.8) is 0 Å². The number of nitrogens with zero attached hydrogens (tertiary/aromatic N) is 5. The number of hydrogen-bond donors (Lipinski definition) is 0. The second-order valence-corrected chi connectivity index (χ2v) is 7.15. The second-order valence-electron chi connectivity index (χ2n) is 6.21. The van der Waals surface area contributed by atoms with Gasteiger partial charge in [-0.2, -0.15) is 18.3 Å². The highest BCUT2D eigenvalue weighted by Gasteiger charge is 2.31. The first-order valence-corrected chi connectivity index (χ1v) is 9.74. The maximum Gasteiger partial charge on any atom is 0.406 e. The molecule has 4 rings (SSSR count). The molecule has 0 atom stereocenters. The molecule has 0 fully saturated rings. The monoisotopic (exact) mass is 415 g/mol. The SMILES string of the molecule is FC(F)(F)Cn1c(-c2ccccc2)cnc1SCc1ncnn1-c1ccccc1. The van der Waals surface area contributed by atoms with E-state index < -0.39 is 12.7 Å². The number of benzene rings is 2. The van der Waals surface area contributed by atoms with Crippen molar-refractivity contribution in [2.75, 3.05) is 0 Å². The van der Waals surface area contributed by atoms with Gasteiger partial charge in [0.2, 0.25) is 0 Å². The summed E-state index contributed by atoms with van der Waals surface area (Å²) >= 11 is 1.20. The molecule has 9 heteroatoms. The third-order valence-electron chi connectivity index (χ3n) is 4.18. The zero-order chi connectivity index (χ0) is 20.3. The molecule has 2 aromatic heterocycles. The maximum absolute atomic E-state index is 13.2. The minimum Gasteiger partial charge on any atom is -0.310 e. The average Bonchev–Trinajstić information content (AvgIpc) is 3.33.